The van der Waals surface area contributed by atoms with Gasteiger partial charge in [0.1, 0.15) is 5.84 Å². The Morgan fingerprint density at radius 1 is 1.39 bits per heavy atom. The van der Waals surface area contributed by atoms with Gasteiger partial charge >= 0.3 is 0 Å². The lowest BCUT2D eigenvalue weighted by Crippen LogP contribution is -2.50. The Morgan fingerprint density at radius 3 is 2.94 bits per heavy atom. The van der Waals surface area contributed by atoms with Crippen LogP contribution in [0.3, 0.4) is 0 Å². The van der Waals surface area contributed by atoms with E-state index in [1.807, 2.05) is 0 Å². The van der Waals surface area contributed by atoms with Gasteiger partial charge in [-0.3, -0.25) is 0 Å². The van der Waals surface area contributed by atoms with Crippen molar-refractivity contribution < 1.29 is 0 Å². The molecule has 0 spiro atoms. The van der Waals surface area contributed by atoms with Crippen LogP contribution < -0.4 is 10.6 Å². The van der Waals surface area contributed by atoms with Crippen LogP contribution in [0.1, 0.15) is 32.3 Å². The standard InChI is InChI=1S/C14H18BrN3/c1-14(2)10-6-5-9(15)8-12(10)17-13(18-14)11-4-3-7-16-11/h5-6,8,11,16H,3-4,7H2,1-2H3,(H,17,18)/t11-/m0/s1. The number of nitrogens with zero attached hydrogens (tertiary/aromatic N) is 1. The first-order valence-corrected chi connectivity index (χ1v) is 7.26. The van der Waals surface area contributed by atoms with E-state index in [0.29, 0.717) is 6.04 Å². The number of halogens is 1. The highest BCUT2D eigenvalue weighted by Gasteiger charge is 2.32. The summed E-state index contributed by atoms with van der Waals surface area (Å²) in [5.41, 5.74) is 2.28. The van der Waals surface area contributed by atoms with E-state index >= 15 is 0 Å². The second kappa shape index (κ2) is 4.35. The third-order valence-corrected chi connectivity index (χ3v) is 4.20. The lowest BCUT2D eigenvalue weighted by molar-refractivity contribution is 0.467. The van der Waals surface area contributed by atoms with E-state index in [2.05, 4.69) is 58.6 Å². The average molecular weight is 308 g/mol. The van der Waals surface area contributed by atoms with Gasteiger partial charge in [-0.1, -0.05) is 22.0 Å². The topological polar surface area (TPSA) is 36.4 Å². The van der Waals surface area contributed by atoms with Gasteiger partial charge in [0.25, 0.3) is 0 Å². The van der Waals surface area contributed by atoms with Crippen LogP contribution in [-0.2, 0) is 5.54 Å². The molecule has 2 aliphatic rings. The molecule has 1 saturated heterocycles. The van der Waals surface area contributed by atoms with Crippen LogP contribution in [-0.4, -0.2) is 18.4 Å². The Balaban J connectivity index is 2.04. The van der Waals surface area contributed by atoms with Gasteiger partial charge in [-0.15, -0.1) is 0 Å². The smallest absolute Gasteiger partial charge is 0.120 e. The molecule has 96 valence electrons. The molecule has 18 heavy (non-hydrogen) atoms. The fraction of sp³-hybridized carbons (Fsp3) is 0.500. The SMILES string of the molecule is CC1(C)NC([C@@H]2CCCN2)=Nc2cc(Br)ccc21. The predicted molar refractivity (Wildman–Crippen MR) is 78.4 cm³/mol. The van der Waals surface area contributed by atoms with Crippen molar-refractivity contribution >= 4 is 27.5 Å². The maximum atomic E-state index is 4.80. The number of benzene rings is 1. The molecule has 3 rings (SSSR count). The molecule has 0 bridgehead atoms. The van der Waals surface area contributed by atoms with Crippen LogP contribution in [0.15, 0.2) is 27.7 Å². The van der Waals surface area contributed by atoms with Crippen molar-refractivity contribution in [2.75, 3.05) is 6.54 Å². The molecule has 4 heteroatoms. The van der Waals surface area contributed by atoms with Crippen molar-refractivity contribution in [3.05, 3.63) is 28.2 Å². The molecule has 0 saturated carbocycles. The quantitative estimate of drug-likeness (QED) is 0.836. The summed E-state index contributed by atoms with van der Waals surface area (Å²) < 4.78 is 1.08. The number of hydrogen-bond acceptors (Lipinski definition) is 3. The lowest BCUT2D eigenvalue weighted by Gasteiger charge is -2.35. The van der Waals surface area contributed by atoms with Gasteiger partial charge in [-0.05, 0) is 45.4 Å². The van der Waals surface area contributed by atoms with E-state index in [0.717, 1.165) is 22.5 Å². The van der Waals surface area contributed by atoms with Crippen molar-refractivity contribution in [1.82, 2.24) is 10.6 Å². The molecule has 1 atom stereocenters. The predicted octanol–water partition coefficient (Wildman–Crippen LogP) is 3.07. The molecule has 0 aliphatic carbocycles. The largest absolute Gasteiger partial charge is 0.363 e. The number of aliphatic imine (C=N–C) groups is 1. The van der Waals surface area contributed by atoms with Crippen molar-refractivity contribution in [3.63, 3.8) is 0 Å². The normalized spacial score (nSPS) is 25.3. The molecule has 1 aromatic rings. The Bertz CT molecular complexity index is 502. The third-order valence-electron chi connectivity index (χ3n) is 3.70. The van der Waals surface area contributed by atoms with Crippen molar-refractivity contribution in [1.29, 1.82) is 0 Å². The Labute approximate surface area is 116 Å². The van der Waals surface area contributed by atoms with Crippen molar-refractivity contribution in [2.24, 2.45) is 4.99 Å². The van der Waals surface area contributed by atoms with Gasteiger partial charge in [0.05, 0.1) is 17.3 Å². The van der Waals surface area contributed by atoms with Crippen LogP contribution in [0.4, 0.5) is 5.69 Å². The van der Waals surface area contributed by atoms with E-state index in [1.165, 1.54) is 18.4 Å². The molecule has 0 radical (unpaired) electrons. The summed E-state index contributed by atoms with van der Waals surface area (Å²) in [7, 11) is 0. The van der Waals surface area contributed by atoms with Gasteiger partial charge in [0.15, 0.2) is 0 Å². The van der Waals surface area contributed by atoms with Crippen LogP contribution in [0.5, 0.6) is 0 Å². The molecule has 2 heterocycles. The van der Waals surface area contributed by atoms with Crippen LogP contribution in [0.25, 0.3) is 0 Å². The first-order chi connectivity index (χ1) is 8.56. The van der Waals surface area contributed by atoms with Gasteiger partial charge in [0.2, 0.25) is 0 Å². The minimum absolute atomic E-state index is 0.0581. The van der Waals surface area contributed by atoms with Crippen molar-refractivity contribution in [3.8, 4) is 0 Å². The van der Waals surface area contributed by atoms with Gasteiger partial charge in [0, 0.05) is 10.0 Å². The van der Waals surface area contributed by atoms with E-state index in [1.54, 1.807) is 0 Å². The molecule has 0 amide bonds. The zero-order chi connectivity index (χ0) is 12.8. The fourth-order valence-corrected chi connectivity index (χ4v) is 3.10. The summed E-state index contributed by atoms with van der Waals surface area (Å²) in [4.78, 5) is 4.80. The van der Waals surface area contributed by atoms with E-state index in [-0.39, 0.29) is 5.54 Å². The van der Waals surface area contributed by atoms with E-state index < -0.39 is 0 Å². The molecule has 3 nitrogen and oxygen atoms in total. The summed E-state index contributed by atoms with van der Waals surface area (Å²) in [5.74, 6) is 1.09. The molecular formula is C14H18BrN3. The van der Waals surface area contributed by atoms with Gasteiger partial charge in [-0.25, -0.2) is 4.99 Å². The third kappa shape index (κ3) is 2.08. The fourth-order valence-electron chi connectivity index (χ4n) is 2.75. The Morgan fingerprint density at radius 2 is 2.22 bits per heavy atom. The molecule has 2 N–H and O–H groups in total. The van der Waals surface area contributed by atoms with Crippen LogP contribution in [0, 0.1) is 0 Å². The minimum Gasteiger partial charge on any atom is -0.363 e. The summed E-state index contributed by atoms with van der Waals surface area (Å²) in [6, 6.07) is 6.72. The number of fused-ring (bicyclic) bond motifs is 1. The zero-order valence-corrected chi connectivity index (χ0v) is 12.3. The highest BCUT2D eigenvalue weighted by atomic mass is 79.9. The summed E-state index contributed by atoms with van der Waals surface area (Å²) in [5, 5.41) is 7.09. The first kappa shape index (κ1) is 12.2. The molecule has 0 aromatic heterocycles. The number of rotatable bonds is 1. The number of amidine groups is 1. The zero-order valence-electron chi connectivity index (χ0n) is 10.8. The first-order valence-electron chi connectivity index (χ1n) is 6.46. The maximum absolute atomic E-state index is 4.80. The molecule has 2 aliphatic heterocycles. The van der Waals surface area contributed by atoms with Crippen LogP contribution >= 0.6 is 15.9 Å². The second-order valence-corrected chi connectivity index (χ2v) is 6.47. The maximum Gasteiger partial charge on any atom is 0.120 e. The Hall–Kier alpha value is -0.870. The highest BCUT2D eigenvalue weighted by molar-refractivity contribution is 9.10. The molecule has 0 unspecified atom stereocenters. The minimum atomic E-state index is -0.0581. The second-order valence-electron chi connectivity index (χ2n) is 5.56. The molecule has 1 aromatic carbocycles. The monoisotopic (exact) mass is 307 g/mol. The summed E-state index contributed by atoms with van der Waals surface area (Å²) in [6.07, 6.45) is 2.41. The highest BCUT2D eigenvalue weighted by Crippen LogP contribution is 2.36. The molecular weight excluding hydrogens is 290 g/mol. The summed E-state index contributed by atoms with van der Waals surface area (Å²) >= 11 is 3.53. The molecule has 1 fully saturated rings. The lowest BCUT2D eigenvalue weighted by atomic mass is 9.90. The van der Waals surface area contributed by atoms with Gasteiger partial charge < -0.3 is 10.6 Å². The number of nitrogens with one attached hydrogen (secondary N) is 2. The van der Waals surface area contributed by atoms with Gasteiger partial charge in [-0.2, -0.15) is 0 Å². The van der Waals surface area contributed by atoms with E-state index in [9.17, 15) is 0 Å². The van der Waals surface area contributed by atoms with E-state index in [4.69, 9.17) is 4.99 Å². The Kier molecular flexibility index (Phi) is 2.94. The van der Waals surface area contributed by atoms with Crippen LogP contribution in [0.2, 0.25) is 0 Å². The van der Waals surface area contributed by atoms with Crippen molar-refractivity contribution in [2.45, 2.75) is 38.3 Å². The number of hydrogen-bond donors (Lipinski definition) is 2. The summed E-state index contributed by atoms with van der Waals surface area (Å²) in [6.45, 7) is 5.52. The average Bonchev–Trinajstić information content (AvgIpc) is 2.80.